The fraction of sp³-hybridized carbons (Fsp3) is 0.280. The van der Waals surface area contributed by atoms with Gasteiger partial charge in [0.1, 0.15) is 0 Å². The van der Waals surface area contributed by atoms with Crippen molar-refractivity contribution < 1.29 is 19.8 Å². The van der Waals surface area contributed by atoms with Gasteiger partial charge in [0.15, 0.2) is 5.60 Å². The molecule has 1 aliphatic heterocycles. The molecule has 2 atom stereocenters. The molecular weight excluding hydrogens is 406 g/mol. The lowest BCUT2D eigenvalue weighted by atomic mass is 9.82. The normalized spacial score (nSPS) is 19.0. The number of anilines is 2. The van der Waals surface area contributed by atoms with E-state index < -0.39 is 17.4 Å². The van der Waals surface area contributed by atoms with Crippen molar-refractivity contribution in [3.05, 3.63) is 71.9 Å². The number of hydrogen-bond acceptors (Lipinski definition) is 4. The van der Waals surface area contributed by atoms with Crippen molar-refractivity contribution in [2.75, 3.05) is 23.9 Å². The first-order valence-electron chi connectivity index (χ1n) is 10.6. The Morgan fingerprint density at radius 1 is 1.28 bits per heavy atom. The van der Waals surface area contributed by atoms with Crippen molar-refractivity contribution in [3.8, 4) is 0 Å². The Balaban J connectivity index is 1.58. The van der Waals surface area contributed by atoms with Crippen LogP contribution in [0.1, 0.15) is 24.5 Å². The Morgan fingerprint density at radius 2 is 2.06 bits per heavy atom. The summed E-state index contributed by atoms with van der Waals surface area (Å²) in [4.78, 5) is 30.3. The third-order valence-corrected chi connectivity index (χ3v) is 6.09. The molecule has 0 fully saturated rings. The zero-order valence-electron chi connectivity index (χ0n) is 18.1. The Hall–Kier alpha value is -3.42. The number of hydrogen-bond donors (Lipinski definition) is 4. The molecule has 1 aliphatic rings. The number of aliphatic hydroxyl groups is 2. The molecule has 0 saturated heterocycles. The second-order valence-corrected chi connectivity index (χ2v) is 8.18. The number of para-hydroxylation sites is 1. The van der Waals surface area contributed by atoms with Crippen LogP contribution in [0.15, 0.2) is 60.8 Å². The summed E-state index contributed by atoms with van der Waals surface area (Å²) in [5.41, 5.74) is 1.70. The van der Waals surface area contributed by atoms with E-state index in [9.17, 15) is 14.7 Å². The summed E-state index contributed by atoms with van der Waals surface area (Å²) in [5.74, 6) is -1.12. The maximum atomic E-state index is 12.9. The van der Waals surface area contributed by atoms with E-state index in [2.05, 4.69) is 10.3 Å². The third kappa shape index (κ3) is 3.70. The molecule has 2 amide bonds. The van der Waals surface area contributed by atoms with Crippen molar-refractivity contribution >= 4 is 34.1 Å². The quantitative estimate of drug-likeness (QED) is 0.430. The van der Waals surface area contributed by atoms with Gasteiger partial charge < -0.3 is 25.4 Å². The van der Waals surface area contributed by atoms with E-state index in [0.717, 1.165) is 16.5 Å². The first kappa shape index (κ1) is 21.8. The molecule has 4 N–H and O–H groups in total. The number of benzene rings is 2. The summed E-state index contributed by atoms with van der Waals surface area (Å²) in [6.45, 7) is 1.76. The molecule has 0 spiro atoms. The summed E-state index contributed by atoms with van der Waals surface area (Å²) in [5, 5.41) is 24.3. The van der Waals surface area contributed by atoms with Gasteiger partial charge in [0.2, 0.25) is 5.91 Å². The lowest BCUT2D eigenvalue weighted by Crippen LogP contribution is -2.43. The van der Waals surface area contributed by atoms with Crippen LogP contribution in [-0.4, -0.2) is 40.7 Å². The topological polar surface area (TPSA) is 106 Å². The molecule has 0 unspecified atom stereocenters. The number of fused-ring (bicyclic) bond motifs is 2. The lowest BCUT2D eigenvalue weighted by Gasteiger charge is -2.27. The molecule has 166 valence electrons. The fourth-order valence-corrected chi connectivity index (χ4v) is 4.30. The van der Waals surface area contributed by atoms with E-state index >= 15 is 0 Å². The van der Waals surface area contributed by atoms with Gasteiger partial charge in [-0.15, -0.1) is 0 Å². The van der Waals surface area contributed by atoms with Crippen molar-refractivity contribution in [2.45, 2.75) is 25.4 Å². The van der Waals surface area contributed by atoms with E-state index in [1.165, 1.54) is 4.90 Å². The number of nitrogens with one attached hydrogen (secondary N) is 2. The summed E-state index contributed by atoms with van der Waals surface area (Å²) >= 11 is 0. The van der Waals surface area contributed by atoms with Crippen LogP contribution < -0.4 is 10.2 Å². The van der Waals surface area contributed by atoms with Crippen LogP contribution in [0.2, 0.25) is 0 Å². The van der Waals surface area contributed by atoms with Gasteiger partial charge >= 0.3 is 0 Å². The molecule has 0 bridgehead atoms. The number of carbonyl (C=O) groups excluding carboxylic acids is 2. The first-order valence-corrected chi connectivity index (χ1v) is 10.6. The third-order valence-electron chi connectivity index (χ3n) is 6.09. The largest absolute Gasteiger partial charge is 0.396 e. The zero-order valence-corrected chi connectivity index (χ0v) is 18.1. The minimum Gasteiger partial charge on any atom is -0.396 e. The Bertz CT molecular complexity index is 1200. The van der Waals surface area contributed by atoms with E-state index in [4.69, 9.17) is 5.11 Å². The monoisotopic (exact) mass is 433 g/mol. The number of amides is 2. The molecule has 0 aliphatic carbocycles. The molecule has 2 aromatic carbocycles. The van der Waals surface area contributed by atoms with Crippen LogP contribution in [0.25, 0.3) is 10.9 Å². The van der Waals surface area contributed by atoms with Gasteiger partial charge in [-0.1, -0.05) is 37.3 Å². The molecule has 2 heterocycles. The highest BCUT2D eigenvalue weighted by atomic mass is 16.3. The van der Waals surface area contributed by atoms with Crippen LogP contribution in [0.3, 0.4) is 0 Å². The summed E-state index contributed by atoms with van der Waals surface area (Å²) < 4.78 is 0. The predicted molar refractivity (Wildman–Crippen MR) is 124 cm³/mol. The zero-order chi connectivity index (χ0) is 22.9. The Kier molecular flexibility index (Phi) is 5.86. The van der Waals surface area contributed by atoms with Gasteiger partial charge in [0.25, 0.3) is 5.91 Å². The van der Waals surface area contributed by atoms with Crippen LogP contribution >= 0.6 is 0 Å². The van der Waals surface area contributed by atoms with Crippen LogP contribution in [0, 0.1) is 5.92 Å². The van der Waals surface area contributed by atoms with E-state index in [0.29, 0.717) is 23.4 Å². The molecule has 3 aromatic rings. The Labute approximate surface area is 186 Å². The summed E-state index contributed by atoms with van der Waals surface area (Å²) in [7, 11) is 1.62. The first-order chi connectivity index (χ1) is 15.4. The number of aliphatic hydroxyl groups excluding tert-OH is 1. The fourth-order valence-electron chi connectivity index (χ4n) is 4.30. The van der Waals surface area contributed by atoms with Gasteiger partial charge in [-0.2, -0.15) is 0 Å². The van der Waals surface area contributed by atoms with Crippen molar-refractivity contribution in [1.29, 1.82) is 0 Å². The molecule has 7 nitrogen and oxygen atoms in total. The van der Waals surface area contributed by atoms with Crippen molar-refractivity contribution in [3.63, 3.8) is 0 Å². The number of nitrogens with zero attached hydrogens (tertiary/aromatic N) is 1. The lowest BCUT2D eigenvalue weighted by molar-refractivity contribution is -0.139. The predicted octanol–water partition coefficient (Wildman–Crippen LogP) is 3.09. The van der Waals surface area contributed by atoms with Gasteiger partial charge in [-0.05, 0) is 36.2 Å². The highest BCUT2D eigenvalue weighted by molar-refractivity contribution is 6.07. The minimum absolute atomic E-state index is 0.00130. The van der Waals surface area contributed by atoms with E-state index in [1.54, 1.807) is 44.3 Å². The van der Waals surface area contributed by atoms with Gasteiger partial charge in [0, 0.05) is 47.9 Å². The molecule has 1 aromatic heterocycles. The summed E-state index contributed by atoms with van der Waals surface area (Å²) in [6.07, 6.45) is 5.96. The highest BCUT2D eigenvalue weighted by Crippen LogP contribution is 2.45. The number of aromatic nitrogens is 1. The smallest absolute Gasteiger partial charge is 0.264 e. The van der Waals surface area contributed by atoms with Gasteiger partial charge in [-0.25, -0.2) is 0 Å². The molecule has 4 rings (SSSR count). The standard InChI is InChI=1S/C25H27N3O4/c1-16(7-5-6-12-29)25(32)20-14-18(10-11-22(20)28(2)24(25)31)27-23(30)13-17-15-26-21-9-4-3-8-19(17)21/h3-5,7-11,14-16,26,29,32H,6,12-13H2,1-2H3,(H,27,30)/b7-5+/t16-,25+/m1/s1. The molecule has 7 heteroatoms. The van der Waals surface area contributed by atoms with Crippen molar-refractivity contribution in [2.24, 2.45) is 5.92 Å². The van der Waals surface area contributed by atoms with Crippen LogP contribution in [-0.2, 0) is 21.6 Å². The number of rotatable bonds is 7. The van der Waals surface area contributed by atoms with E-state index in [-0.39, 0.29) is 18.9 Å². The van der Waals surface area contributed by atoms with E-state index in [1.807, 2.05) is 30.5 Å². The van der Waals surface area contributed by atoms with Gasteiger partial charge in [0.05, 0.1) is 12.1 Å². The Morgan fingerprint density at radius 3 is 2.84 bits per heavy atom. The number of carbonyl (C=O) groups is 2. The average Bonchev–Trinajstić information content (AvgIpc) is 3.27. The SMILES string of the molecule is C[C@H](/C=C/CCO)[C@@]1(O)C(=O)N(C)c2ccc(NC(=O)Cc3c[nH]c4ccccc34)cc21. The minimum atomic E-state index is -1.74. The highest BCUT2D eigenvalue weighted by Gasteiger charge is 2.51. The molecule has 0 radical (unpaired) electrons. The number of likely N-dealkylation sites (N-methyl/N-ethyl adjacent to an activating group) is 1. The molecule has 32 heavy (non-hydrogen) atoms. The number of aromatic amines is 1. The van der Waals surface area contributed by atoms with Crippen LogP contribution in [0.4, 0.5) is 11.4 Å². The second kappa shape index (κ2) is 8.61. The van der Waals surface area contributed by atoms with Gasteiger partial charge in [-0.3, -0.25) is 9.59 Å². The number of H-pyrrole nitrogens is 1. The second-order valence-electron chi connectivity index (χ2n) is 8.18. The van der Waals surface area contributed by atoms with Crippen LogP contribution in [0.5, 0.6) is 0 Å². The maximum absolute atomic E-state index is 12.9. The molecule has 0 saturated carbocycles. The maximum Gasteiger partial charge on any atom is 0.264 e. The summed E-state index contributed by atoms with van der Waals surface area (Å²) in [6, 6.07) is 12.9. The average molecular weight is 434 g/mol. The molecular formula is C25H27N3O4. The van der Waals surface area contributed by atoms with Crippen molar-refractivity contribution in [1.82, 2.24) is 4.98 Å².